The molecule has 1 rings (SSSR count). The molecule has 0 fully saturated rings. The zero-order chi connectivity index (χ0) is 14.3. The molecular weight excluding hydrogens is 248 g/mol. The number of carboxylic acids is 1. The number of nitrogens with one attached hydrogen (secondary N) is 1. The lowest BCUT2D eigenvalue weighted by molar-refractivity contribution is -0.137. The van der Waals surface area contributed by atoms with Crippen molar-refractivity contribution < 1.29 is 19.4 Å². The minimum absolute atomic E-state index is 0.0228. The summed E-state index contributed by atoms with van der Waals surface area (Å²) in [5.41, 5.74) is 0.302. The molecular formula is C13H18N2O4. The standard InChI is InChI=1S/C13H18N2O4/c1-3-5-9(8-11(16)17)15-12-10(13(18)19-2)6-4-7-14-12/h4,6-7,9H,3,5,8H2,1-2H3,(H,14,15)(H,16,17). The molecule has 6 nitrogen and oxygen atoms in total. The number of hydrogen-bond donors (Lipinski definition) is 2. The number of ether oxygens (including phenoxy) is 1. The number of carboxylic acid groups (broad SMARTS) is 1. The summed E-state index contributed by atoms with van der Waals surface area (Å²) in [7, 11) is 1.29. The second-order valence-electron chi connectivity index (χ2n) is 4.12. The van der Waals surface area contributed by atoms with Gasteiger partial charge in [0.2, 0.25) is 0 Å². The van der Waals surface area contributed by atoms with Gasteiger partial charge in [-0.25, -0.2) is 9.78 Å². The van der Waals surface area contributed by atoms with Gasteiger partial charge in [0, 0.05) is 12.2 Å². The highest BCUT2D eigenvalue weighted by molar-refractivity contribution is 5.94. The monoisotopic (exact) mass is 266 g/mol. The predicted molar refractivity (Wildman–Crippen MR) is 70.1 cm³/mol. The van der Waals surface area contributed by atoms with E-state index in [0.29, 0.717) is 17.8 Å². The molecule has 1 heterocycles. The Hall–Kier alpha value is -2.11. The third kappa shape index (κ3) is 4.57. The zero-order valence-electron chi connectivity index (χ0n) is 11.0. The number of nitrogens with zero attached hydrogens (tertiary/aromatic N) is 1. The van der Waals surface area contributed by atoms with E-state index in [2.05, 4.69) is 15.0 Å². The van der Waals surface area contributed by atoms with Crippen molar-refractivity contribution in [3.05, 3.63) is 23.9 Å². The highest BCUT2D eigenvalue weighted by Crippen LogP contribution is 2.16. The van der Waals surface area contributed by atoms with Gasteiger partial charge in [-0.05, 0) is 18.6 Å². The van der Waals surface area contributed by atoms with Crippen molar-refractivity contribution in [3.63, 3.8) is 0 Å². The summed E-state index contributed by atoms with van der Waals surface area (Å²) in [6.07, 6.45) is 3.04. The maximum absolute atomic E-state index is 11.6. The molecule has 1 unspecified atom stereocenters. The van der Waals surface area contributed by atoms with Gasteiger partial charge in [0.1, 0.15) is 11.4 Å². The fourth-order valence-electron chi connectivity index (χ4n) is 1.77. The molecule has 0 aromatic carbocycles. The van der Waals surface area contributed by atoms with Crippen molar-refractivity contribution in [1.29, 1.82) is 0 Å². The van der Waals surface area contributed by atoms with Gasteiger partial charge < -0.3 is 15.2 Å². The fraction of sp³-hybridized carbons (Fsp3) is 0.462. The van der Waals surface area contributed by atoms with E-state index in [1.165, 1.54) is 7.11 Å². The van der Waals surface area contributed by atoms with Gasteiger partial charge in [0.15, 0.2) is 0 Å². The number of rotatable bonds is 7. The van der Waals surface area contributed by atoms with Crippen LogP contribution in [-0.4, -0.2) is 35.2 Å². The predicted octanol–water partition coefficient (Wildman–Crippen LogP) is 1.92. The van der Waals surface area contributed by atoms with Crippen molar-refractivity contribution in [2.45, 2.75) is 32.2 Å². The average molecular weight is 266 g/mol. The van der Waals surface area contributed by atoms with Gasteiger partial charge in [-0.1, -0.05) is 13.3 Å². The van der Waals surface area contributed by atoms with Crippen LogP contribution in [0.15, 0.2) is 18.3 Å². The molecule has 104 valence electrons. The molecule has 0 saturated heterocycles. The van der Waals surface area contributed by atoms with E-state index in [1.54, 1.807) is 18.3 Å². The molecule has 0 spiro atoms. The van der Waals surface area contributed by atoms with Crippen molar-refractivity contribution >= 4 is 17.8 Å². The summed E-state index contributed by atoms with van der Waals surface area (Å²) in [5.74, 6) is -1.03. The summed E-state index contributed by atoms with van der Waals surface area (Å²) in [6.45, 7) is 1.97. The van der Waals surface area contributed by atoms with Crippen molar-refractivity contribution in [1.82, 2.24) is 4.98 Å². The molecule has 0 aliphatic heterocycles. The molecule has 0 aliphatic carbocycles. The summed E-state index contributed by atoms with van der Waals surface area (Å²) in [5, 5.41) is 11.9. The van der Waals surface area contributed by atoms with Gasteiger partial charge in [-0.15, -0.1) is 0 Å². The van der Waals surface area contributed by atoms with Gasteiger partial charge in [-0.2, -0.15) is 0 Å². The Morgan fingerprint density at radius 3 is 2.84 bits per heavy atom. The Kier molecular flexibility index (Phi) is 5.78. The lowest BCUT2D eigenvalue weighted by Gasteiger charge is -2.18. The van der Waals surface area contributed by atoms with Crippen LogP contribution in [0.1, 0.15) is 36.5 Å². The zero-order valence-corrected chi connectivity index (χ0v) is 11.0. The molecule has 0 bridgehead atoms. The third-order valence-corrected chi connectivity index (χ3v) is 2.61. The smallest absolute Gasteiger partial charge is 0.341 e. The summed E-state index contributed by atoms with van der Waals surface area (Å²) < 4.78 is 4.66. The maximum atomic E-state index is 11.6. The van der Waals surface area contributed by atoms with Gasteiger partial charge in [-0.3, -0.25) is 4.79 Å². The number of aromatic nitrogens is 1. The van der Waals surface area contributed by atoms with E-state index >= 15 is 0 Å². The van der Waals surface area contributed by atoms with Crippen LogP contribution in [0.3, 0.4) is 0 Å². The first-order valence-corrected chi connectivity index (χ1v) is 6.10. The van der Waals surface area contributed by atoms with E-state index in [9.17, 15) is 9.59 Å². The van der Waals surface area contributed by atoms with E-state index < -0.39 is 11.9 Å². The van der Waals surface area contributed by atoms with Crippen LogP contribution < -0.4 is 5.32 Å². The number of pyridine rings is 1. The first-order chi connectivity index (χ1) is 9.08. The Bertz CT molecular complexity index is 448. The number of aliphatic carboxylic acids is 1. The number of carbonyl (C=O) groups is 2. The highest BCUT2D eigenvalue weighted by Gasteiger charge is 2.17. The first kappa shape index (κ1) is 14.9. The van der Waals surface area contributed by atoms with Crippen LogP contribution in [0.25, 0.3) is 0 Å². The van der Waals surface area contributed by atoms with Crippen molar-refractivity contribution in [2.24, 2.45) is 0 Å². The molecule has 1 atom stereocenters. The van der Waals surface area contributed by atoms with Gasteiger partial charge in [0.25, 0.3) is 0 Å². The van der Waals surface area contributed by atoms with Crippen molar-refractivity contribution in [2.75, 3.05) is 12.4 Å². The number of methoxy groups -OCH3 is 1. The number of carbonyl (C=O) groups excluding carboxylic acids is 1. The van der Waals surface area contributed by atoms with Crippen LogP contribution in [0.5, 0.6) is 0 Å². The Balaban J connectivity index is 2.89. The second kappa shape index (κ2) is 7.35. The lowest BCUT2D eigenvalue weighted by atomic mass is 10.1. The SMILES string of the molecule is CCCC(CC(=O)O)Nc1ncccc1C(=O)OC. The van der Waals surface area contributed by atoms with Gasteiger partial charge in [0.05, 0.1) is 13.5 Å². The summed E-state index contributed by atoms with van der Waals surface area (Å²) >= 11 is 0. The Morgan fingerprint density at radius 2 is 2.26 bits per heavy atom. The fourth-order valence-corrected chi connectivity index (χ4v) is 1.77. The van der Waals surface area contributed by atoms with E-state index in [-0.39, 0.29) is 12.5 Å². The topological polar surface area (TPSA) is 88.5 Å². The lowest BCUT2D eigenvalue weighted by Crippen LogP contribution is -2.25. The van der Waals surface area contributed by atoms with Crippen LogP contribution in [0, 0.1) is 0 Å². The average Bonchev–Trinajstić information content (AvgIpc) is 2.38. The van der Waals surface area contributed by atoms with Crippen LogP contribution >= 0.6 is 0 Å². The van der Waals surface area contributed by atoms with E-state index in [0.717, 1.165) is 6.42 Å². The third-order valence-electron chi connectivity index (χ3n) is 2.61. The molecule has 0 radical (unpaired) electrons. The Morgan fingerprint density at radius 1 is 1.53 bits per heavy atom. The Labute approximate surface area is 111 Å². The molecule has 2 N–H and O–H groups in total. The minimum Gasteiger partial charge on any atom is -0.481 e. The largest absolute Gasteiger partial charge is 0.481 e. The summed E-state index contributed by atoms with van der Waals surface area (Å²) in [6, 6.07) is 2.95. The van der Waals surface area contributed by atoms with E-state index in [1.807, 2.05) is 6.92 Å². The van der Waals surface area contributed by atoms with Crippen LogP contribution in [0.2, 0.25) is 0 Å². The first-order valence-electron chi connectivity index (χ1n) is 6.10. The molecule has 1 aromatic rings. The van der Waals surface area contributed by atoms with Gasteiger partial charge >= 0.3 is 11.9 Å². The quantitative estimate of drug-likeness (QED) is 0.733. The maximum Gasteiger partial charge on any atom is 0.341 e. The van der Waals surface area contributed by atoms with Crippen LogP contribution in [0.4, 0.5) is 5.82 Å². The number of hydrogen-bond acceptors (Lipinski definition) is 5. The molecule has 1 aromatic heterocycles. The number of anilines is 1. The number of esters is 1. The van der Waals surface area contributed by atoms with Crippen molar-refractivity contribution in [3.8, 4) is 0 Å². The molecule has 0 saturated carbocycles. The van der Waals surface area contributed by atoms with Crippen LogP contribution in [-0.2, 0) is 9.53 Å². The highest BCUT2D eigenvalue weighted by atomic mass is 16.5. The second-order valence-corrected chi connectivity index (χ2v) is 4.12. The molecule has 0 amide bonds. The minimum atomic E-state index is -0.888. The molecule has 19 heavy (non-hydrogen) atoms. The molecule has 6 heteroatoms. The normalized spacial score (nSPS) is 11.7. The summed E-state index contributed by atoms with van der Waals surface area (Å²) in [4.78, 5) is 26.4. The molecule has 0 aliphatic rings. The van der Waals surface area contributed by atoms with E-state index in [4.69, 9.17) is 5.11 Å².